The van der Waals surface area contributed by atoms with Gasteiger partial charge in [-0.25, -0.2) is 4.39 Å². The maximum Gasteiger partial charge on any atom is 0.124 e. The van der Waals surface area contributed by atoms with Gasteiger partial charge in [0.1, 0.15) is 23.9 Å². The van der Waals surface area contributed by atoms with E-state index in [4.69, 9.17) is 9.15 Å². The quantitative estimate of drug-likeness (QED) is 0.900. The first-order valence-electron chi connectivity index (χ1n) is 6.63. The highest BCUT2D eigenvalue weighted by molar-refractivity contribution is 5.23. The summed E-state index contributed by atoms with van der Waals surface area (Å²) in [6.07, 6.45) is 1.66. The standard InChI is InChI=1S/C16H20FNO2/c1-16(2,3)18-10-15-12(8-9-19-15)11-20-14-6-4-13(17)5-7-14/h4-9,18H,10-11H2,1-3H3. The van der Waals surface area contributed by atoms with Crippen molar-refractivity contribution >= 4 is 0 Å². The lowest BCUT2D eigenvalue weighted by Gasteiger charge is -2.20. The van der Waals surface area contributed by atoms with Crippen molar-refractivity contribution in [1.82, 2.24) is 5.32 Å². The molecule has 2 aromatic rings. The fraction of sp³-hybridized carbons (Fsp3) is 0.375. The third-order valence-corrected chi connectivity index (χ3v) is 2.82. The van der Waals surface area contributed by atoms with Crippen LogP contribution in [-0.4, -0.2) is 5.54 Å². The number of ether oxygens (including phenoxy) is 1. The van der Waals surface area contributed by atoms with Crippen molar-refractivity contribution in [2.45, 2.75) is 39.5 Å². The molecule has 20 heavy (non-hydrogen) atoms. The molecule has 0 radical (unpaired) electrons. The largest absolute Gasteiger partial charge is 0.489 e. The molecular formula is C16H20FNO2. The molecule has 0 saturated heterocycles. The van der Waals surface area contributed by atoms with Gasteiger partial charge in [0.05, 0.1) is 12.8 Å². The van der Waals surface area contributed by atoms with Crippen molar-refractivity contribution in [2.24, 2.45) is 0 Å². The average molecular weight is 277 g/mol. The van der Waals surface area contributed by atoms with Gasteiger partial charge >= 0.3 is 0 Å². The van der Waals surface area contributed by atoms with Gasteiger partial charge in [-0.05, 0) is 51.1 Å². The molecule has 0 spiro atoms. The molecular weight excluding hydrogens is 257 g/mol. The van der Waals surface area contributed by atoms with Crippen LogP contribution in [0, 0.1) is 5.82 Å². The highest BCUT2D eigenvalue weighted by Gasteiger charge is 2.12. The smallest absolute Gasteiger partial charge is 0.124 e. The Morgan fingerprint density at radius 3 is 2.50 bits per heavy atom. The zero-order valence-electron chi connectivity index (χ0n) is 12.1. The number of hydrogen-bond donors (Lipinski definition) is 1. The molecule has 0 aliphatic carbocycles. The minimum Gasteiger partial charge on any atom is -0.489 e. The normalized spacial score (nSPS) is 11.6. The van der Waals surface area contributed by atoms with Crippen LogP contribution in [0.2, 0.25) is 0 Å². The predicted molar refractivity (Wildman–Crippen MR) is 76.0 cm³/mol. The summed E-state index contributed by atoms with van der Waals surface area (Å²) in [6.45, 7) is 7.36. The summed E-state index contributed by atoms with van der Waals surface area (Å²) in [4.78, 5) is 0. The third kappa shape index (κ3) is 4.38. The van der Waals surface area contributed by atoms with Gasteiger partial charge in [-0.1, -0.05) is 0 Å². The van der Waals surface area contributed by atoms with Gasteiger partial charge in [-0.15, -0.1) is 0 Å². The first-order chi connectivity index (χ1) is 9.44. The zero-order valence-corrected chi connectivity index (χ0v) is 12.1. The third-order valence-electron chi connectivity index (χ3n) is 2.82. The fourth-order valence-corrected chi connectivity index (χ4v) is 1.69. The maximum atomic E-state index is 12.8. The monoisotopic (exact) mass is 277 g/mol. The summed E-state index contributed by atoms with van der Waals surface area (Å²) in [5.74, 6) is 1.24. The van der Waals surface area contributed by atoms with Crippen molar-refractivity contribution in [3.63, 3.8) is 0 Å². The molecule has 108 valence electrons. The Balaban J connectivity index is 1.93. The van der Waals surface area contributed by atoms with Crippen LogP contribution in [0.1, 0.15) is 32.1 Å². The van der Waals surface area contributed by atoms with Gasteiger partial charge in [0.25, 0.3) is 0 Å². The molecule has 0 aliphatic rings. The number of halogens is 1. The van der Waals surface area contributed by atoms with Crippen molar-refractivity contribution in [1.29, 1.82) is 0 Å². The molecule has 0 saturated carbocycles. The second-order valence-corrected chi connectivity index (χ2v) is 5.72. The molecule has 0 amide bonds. The van der Waals surface area contributed by atoms with E-state index in [9.17, 15) is 4.39 Å². The second kappa shape index (κ2) is 6.09. The summed E-state index contributed by atoms with van der Waals surface area (Å²) < 4.78 is 23.9. The van der Waals surface area contributed by atoms with Crippen LogP contribution in [0.4, 0.5) is 4.39 Å². The van der Waals surface area contributed by atoms with Crippen LogP contribution in [0.15, 0.2) is 41.0 Å². The van der Waals surface area contributed by atoms with Crippen LogP contribution in [0.25, 0.3) is 0 Å². The molecule has 1 N–H and O–H groups in total. The van der Waals surface area contributed by atoms with Crippen LogP contribution in [0.3, 0.4) is 0 Å². The van der Waals surface area contributed by atoms with Crippen LogP contribution >= 0.6 is 0 Å². The van der Waals surface area contributed by atoms with Gasteiger partial charge in [-0.2, -0.15) is 0 Å². The van der Waals surface area contributed by atoms with E-state index >= 15 is 0 Å². The lowest BCUT2D eigenvalue weighted by atomic mass is 10.1. The van der Waals surface area contributed by atoms with Crippen LogP contribution < -0.4 is 10.1 Å². The molecule has 3 nitrogen and oxygen atoms in total. The highest BCUT2D eigenvalue weighted by atomic mass is 19.1. The van der Waals surface area contributed by atoms with Crippen LogP contribution in [-0.2, 0) is 13.2 Å². The van der Waals surface area contributed by atoms with E-state index in [-0.39, 0.29) is 11.4 Å². The molecule has 1 heterocycles. The summed E-state index contributed by atoms with van der Waals surface area (Å²) >= 11 is 0. The second-order valence-electron chi connectivity index (χ2n) is 5.72. The molecule has 0 unspecified atom stereocenters. The summed E-state index contributed by atoms with van der Waals surface area (Å²) in [5, 5.41) is 3.37. The Morgan fingerprint density at radius 2 is 1.85 bits per heavy atom. The van der Waals surface area contributed by atoms with Gasteiger partial charge < -0.3 is 14.5 Å². The van der Waals surface area contributed by atoms with Crippen molar-refractivity contribution in [3.8, 4) is 5.75 Å². The number of nitrogens with one attached hydrogen (secondary N) is 1. The minimum absolute atomic E-state index is 0.0296. The summed E-state index contributed by atoms with van der Waals surface area (Å²) in [5.41, 5.74) is 1.02. The van der Waals surface area contributed by atoms with Crippen LogP contribution in [0.5, 0.6) is 5.75 Å². The lowest BCUT2D eigenvalue weighted by Crippen LogP contribution is -2.35. The van der Waals surface area contributed by atoms with Crippen molar-refractivity contribution in [2.75, 3.05) is 0 Å². The molecule has 4 heteroatoms. The van der Waals surface area contributed by atoms with E-state index in [2.05, 4.69) is 26.1 Å². The summed E-state index contributed by atoms with van der Waals surface area (Å²) in [6, 6.07) is 7.88. The molecule has 0 bridgehead atoms. The molecule has 1 aromatic carbocycles. The average Bonchev–Trinajstić information content (AvgIpc) is 2.82. The van der Waals surface area contributed by atoms with Gasteiger partial charge in [0.2, 0.25) is 0 Å². The van der Waals surface area contributed by atoms with Gasteiger partial charge in [0, 0.05) is 11.1 Å². The van der Waals surface area contributed by atoms with E-state index in [1.54, 1.807) is 18.4 Å². The Bertz CT molecular complexity index is 540. The molecule has 2 rings (SSSR count). The van der Waals surface area contributed by atoms with Crippen molar-refractivity contribution < 1.29 is 13.5 Å². The van der Waals surface area contributed by atoms with E-state index in [0.29, 0.717) is 18.9 Å². The Hall–Kier alpha value is -1.81. The van der Waals surface area contributed by atoms with Gasteiger partial charge in [-0.3, -0.25) is 0 Å². The van der Waals surface area contributed by atoms with E-state index in [1.807, 2.05) is 6.07 Å². The number of hydrogen-bond acceptors (Lipinski definition) is 3. The first-order valence-corrected chi connectivity index (χ1v) is 6.63. The van der Waals surface area contributed by atoms with E-state index < -0.39 is 0 Å². The zero-order chi connectivity index (χ0) is 14.6. The fourth-order valence-electron chi connectivity index (χ4n) is 1.69. The molecule has 0 atom stereocenters. The Kier molecular flexibility index (Phi) is 4.45. The summed E-state index contributed by atoms with van der Waals surface area (Å²) in [7, 11) is 0. The lowest BCUT2D eigenvalue weighted by molar-refractivity contribution is 0.298. The van der Waals surface area contributed by atoms with Gasteiger partial charge in [0.15, 0.2) is 0 Å². The van der Waals surface area contributed by atoms with E-state index in [0.717, 1.165) is 11.3 Å². The molecule has 1 aromatic heterocycles. The SMILES string of the molecule is CC(C)(C)NCc1occc1COc1ccc(F)cc1. The number of furan rings is 1. The number of benzene rings is 1. The first kappa shape index (κ1) is 14.6. The predicted octanol–water partition coefficient (Wildman–Crippen LogP) is 3.89. The Morgan fingerprint density at radius 1 is 1.15 bits per heavy atom. The molecule has 0 aliphatic heterocycles. The minimum atomic E-state index is -0.268. The molecule has 0 fully saturated rings. The topological polar surface area (TPSA) is 34.4 Å². The maximum absolute atomic E-state index is 12.8. The van der Waals surface area contributed by atoms with Crippen molar-refractivity contribution in [3.05, 3.63) is 53.7 Å². The number of rotatable bonds is 5. The highest BCUT2D eigenvalue weighted by Crippen LogP contribution is 2.17. The van der Waals surface area contributed by atoms with E-state index in [1.165, 1.54) is 12.1 Å². The Labute approximate surface area is 118 Å².